The van der Waals surface area contributed by atoms with Crippen molar-refractivity contribution in [2.24, 2.45) is 0 Å². The quantitative estimate of drug-likeness (QED) is 0.802. The van der Waals surface area contributed by atoms with E-state index >= 15 is 0 Å². The second-order valence-electron chi connectivity index (χ2n) is 4.86. The van der Waals surface area contributed by atoms with Crippen LogP contribution in [-0.2, 0) is 0 Å². The summed E-state index contributed by atoms with van der Waals surface area (Å²) in [5.74, 6) is 0.961. The standard InChI is InChI=1S/C16H21NOS/c1-12-9-13(2)11-15(10-12)18-7-6-17-14(3)16-5-4-8-19-16/h4-5,8-11,14,17H,6-7H2,1-3H3. The maximum absolute atomic E-state index is 5.78. The Hall–Kier alpha value is -1.32. The molecular formula is C16H21NOS. The first kappa shape index (κ1) is 14.1. The van der Waals surface area contributed by atoms with Gasteiger partial charge in [0.2, 0.25) is 0 Å². The normalized spacial score (nSPS) is 12.4. The minimum atomic E-state index is 0.392. The molecule has 0 aliphatic carbocycles. The van der Waals surface area contributed by atoms with Crippen LogP contribution in [0.25, 0.3) is 0 Å². The predicted molar refractivity (Wildman–Crippen MR) is 82.1 cm³/mol. The number of aryl methyl sites for hydroxylation is 2. The van der Waals surface area contributed by atoms with E-state index in [1.54, 1.807) is 11.3 Å². The summed E-state index contributed by atoms with van der Waals surface area (Å²) in [7, 11) is 0. The highest BCUT2D eigenvalue weighted by atomic mass is 32.1. The third kappa shape index (κ3) is 4.37. The highest BCUT2D eigenvalue weighted by molar-refractivity contribution is 7.10. The third-order valence-corrected chi connectivity index (χ3v) is 4.04. The van der Waals surface area contributed by atoms with E-state index in [9.17, 15) is 0 Å². The van der Waals surface area contributed by atoms with Gasteiger partial charge in [-0.05, 0) is 55.5 Å². The molecule has 0 saturated heterocycles. The van der Waals surface area contributed by atoms with Crippen molar-refractivity contribution in [2.45, 2.75) is 26.8 Å². The van der Waals surface area contributed by atoms with E-state index in [1.165, 1.54) is 16.0 Å². The maximum Gasteiger partial charge on any atom is 0.119 e. The van der Waals surface area contributed by atoms with Crippen LogP contribution in [0.15, 0.2) is 35.7 Å². The molecule has 2 aromatic rings. The number of thiophene rings is 1. The summed E-state index contributed by atoms with van der Waals surface area (Å²) < 4.78 is 5.78. The average molecular weight is 275 g/mol. The van der Waals surface area contributed by atoms with E-state index in [2.05, 4.69) is 61.8 Å². The highest BCUT2D eigenvalue weighted by Gasteiger charge is 2.04. The summed E-state index contributed by atoms with van der Waals surface area (Å²) in [6.45, 7) is 7.92. The van der Waals surface area contributed by atoms with Crippen molar-refractivity contribution in [1.29, 1.82) is 0 Å². The number of rotatable bonds is 6. The molecule has 1 unspecified atom stereocenters. The van der Waals surface area contributed by atoms with Crippen molar-refractivity contribution >= 4 is 11.3 Å². The maximum atomic E-state index is 5.78. The minimum absolute atomic E-state index is 0.392. The van der Waals surface area contributed by atoms with Crippen LogP contribution in [0.2, 0.25) is 0 Å². The lowest BCUT2D eigenvalue weighted by atomic mass is 10.1. The van der Waals surface area contributed by atoms with E-state index in [4.69, 9.17) is 4.74 Å². The number of benzene rings is 1. The van der Waals surface area contributed by atoms with Gasteiger partial charge < -0.3 is 10.1 Å². The zero-order chi connectivity index (χ0) is 13.7. The van der Waals surface area contributed by atoms with Crippen LogP contribution in [0, 0.1) is 13.8 Å². The molecule has 19 heavy (non-hydrogen) atoms. The predicted octanol–water partition coefficient (Wildman–Crippen LogP) is 4.09. The highest BCUT2D eigenvalue weighted by Crippen LogP contribution is 2.18. The molecule has 2 nitrogen and oxygen atoms in total. The Morgan fingerprint density at radius 3 is 2.58 bits per heavy atom. The lowest BCUT2D eigenvalue weighted by molar-refractivity contribution is 0.307. The molecule has 0 saturated carbocycles. The zero-order valence-corrected chi connectivity index (χ0v) is 12.6. The van der Waals surface area contributed by atoms with Gasteiger partial charge >= 0.3 is 0 Å². The van der Waals surface area contributed by atoms with Gasteiger partial charge in [-0.3, -0.25) is 0 Å². The average Bonchev–Trinajstić information content (AvgIpc) is 2.87. The van der Waals surface area contributed by atoms with Gasteiger partial charge in [0.1, 0.15) is 12.4 Å². The van der Waals surface area contributed by atoms with E-state index in [0.717, 1.165) is 12.3 Å². The van der Waals surface area contributed by atoms with Gasteiger partial charge in [0, 0.05) is 17.5 Å². The van der Waals surface area contributed by atoms with Gasteiger partial charge in [-0.2, -0.15) is 0 Å². The molecule has 3 heteroatoms. The number of ether oxygens (including phenoxy) is 1. The zero-order valence-electron chi connectivity index (χ0n) is 11.8. The molecule has 1 heterocycles. The summed E-state index contributed by atoms with van der Waals surface area (Å²) in [6, 6.07) is 11.0. The fraction of sp³-hybridized carbons (Fsp3) is 0.375. The van der Waals surface area contributed by atoms with Crippen molar-refractivity contribution in [3.8, 4) is 5.75 Å². The first-order chi connectivity index (χ1) is 9.15. The van der Waals surface area contributed by atoms with Crippen molar-refractivity contribution in [1.82, 2.24) is 5.32 Å². The number of hydrogen-bond acceptors (Lipinski definition) is 3. The molecule has 0 aliphatic rings. The van der Waals surface area contributed by atoms with Crippen molar-refractivity contribution in [3.05, 3.63) is 51.7 Å². The Bertz CT molecular complexity index is 487. The lowest BCUT2D eigenvalue weighted by Crippen LogP contribution is -2.23. The number of nitrogens with one attached hydrogen (secondary N) is 1. The Morgan fingerprint density at radius 1 is 1.21 bits per heavy atom. The van der Waals surface area contributed by atoms with Gasteiger partial charge in [-0.1, -0.05) is 12.1 Å². The van der Waals surface area contributed by atoms with Crippen LogP contribution in [0.4, 0.5) is 0 Å². The lowest BCUT2D eigenvalue weighted by Gasteiger charge is -2.13. The van der Waals surface area contributed by atoms with Crippen LogP contribution in [-0.4, -0.2) is 13.2 Å². The second kappa shape index (κ2) is 6.73. The Balaban J connectivity index is 1.75. The molecule has 1 aromatic carbocycles. The molecule has 0 radical (unpaired) electrons. The molecule has 1 atom stereocenters. The van der Waals surface area contributed by atoms with Gasteiger partial charge in [-0.25, -0.2) is 0 Å². The molecule has 0 fully saturated rings. The van der Waals surface area contributed by atoms with Gasteiger partial charge in [-0.15, -0.1) is 11.3 Å². The van der Waals surface area contributed by atoms with Crippen LogP contribution >= 0.6 is 11.3 Å². The summed E-state index contributed by atoms with van der Waals surface area (Å²) in [5.41, 5.74) is 2.49. The monoisotopic (exact) mass is 275 g/mol. The second-order valence-corrected chi connectivity index (χ2v) is 5.84. The minimum Gasteiger partial charge on any atom is -0.492 e. The third-order valence-electron chi connectivity index (χ3n) is 2.99. The van der Waals surface area contributed by atoms with Gasteiger partial charge in [0.15, 0.2) is 0 Å². The largest absolute Gasteiger partial charge is 0.492 e. The summed E-state index contributed by atoms with van der Waals surface area (Å²) >= 11 is 1.79. The van der Waals surface area contributed by atoms with Crippen molar-refractivity contribution < 1.29 is 4.74 Å². The SMILES string of the molecule is Cc1cc(C)cc(OCCNC(C)c2cccs2)c1. The van der Waals surface area contributed by atoms with Gasteiger partial charge in [0.05, 0.1) is 0 Å². The Morgan fingerprint density at radius 2 is 1.95 bits per heavy atom. The Labute approximate surface area is 119 Å². The fourth-order valence-electron chi connectivity index (χ4n) is 2.10. The van der Waals surface area contributed by atoms with Crippen LogP contribution < -0.4 is 10.1 Å². The van der Waals surface area contributed by atoms with E-state index < -0.39 is 0 Å². The van der Waals surface area contributed by atoms with Crippen molar-refractivity contribution in [3.63, 3.8) is 0 Å². The Kier molecular flexibility index (Phi) is 5.00. The van der Waals surface area contributed by atoms with Crippen molar-refractivity contribution in [2.75, 3.05) is 13.2 Å². The van der Waals surface area contributed by atoms with Gasteiger partial charge in [0.25, 0.3) is 0 Å². The molecule has 1 aromatic heterocycles. The van der Waals surface area contributed by atoms with Crippen LogP contribution in [0.5, 0.6) is 5.75 Å². The smallest absolute Gasteiger partial charge is 0.119 e. The molecule has 102 valence electrons. The molecule has 1 N–H and O–H groups in total. The first-order valence-corrected chi connectivity index (χ1v) is 7.51. The van der Waals surface area contributed by atoms with E-state index in [-0.39, 0.29) is 0 Å². The number of hydrogen-bond donors (Lipinski definition) is 1. The first-order valence-electron chi connectivity index (χ1n) is 6.63. The van der Waals surface area contributed by atoms with E-state index in [1.807, 2.05) is 0 Å². The summed E-state index contributed by atoms with van der Waals surface area (Å²) in [6.07, 6.45) is 0. The fourth-order valence-corrected chi connectivity index (χ4v) is 2.86. The molecule has 0 aliphatic heterocycles. The topological polar surface area (TPSA) is 21.3 Å². The molecule has 0 amide bonds. The molecule has 0 spiro atoms. The van der Waals surface area contributed by atoms with Crippen LogP contribution in [0.3, 0.4) is 0 Å². The summed E-state index contributed by atoms with van der Waals surface area (Å²) in [5, 5.41) is 5.58. The molecule has 0 bridgehead atoms. The van der Waals surface area contributed by atoms with E-state index in [0.29, 0.717) is 12.6 Å². The molecular weight excluding hydrogens is 254 g/mol. The van der Waals surface area contributed by atoms with Crippen LogP contribution in [0.1, 0.15) is 29.0 Å². The summed E-state index contributed by atoms with van der Waals surface area (Å²) in [4.78, 5) is 1.37. The molecule has 2 rings (SSSR count).